The zero-order chi connectivity index (χ0) is 25.2. The van der Waals surface area contributed by atoms with Crippen LogP contribution < -0.4 is 0 Å². The molecule has 1 saturated carbocycles. The van der Waals surface area contributed by atoms with E-state index in [-0.39, 0.29) is 17.2 Å². The number of carbonyl (C=O) groups is 1. The second-order valence-corrected chi connectivity index (χ2v) is 11.8. The van der Waals surface area contributed by atoms with Crippen molar-refractivity contribution in [1.29, 1.82) is 0 Å². The van der Waals surface area contributed by atoms with Gasteiger partial charge in [0, 0.05) is 24.7 Å². The van der Waals surface area contributed by atoms with Gasteiger partial charge in [-0.05, 0) is 65.2 Å². The van der Waals surface area contributed by atoms with Gasteiger partial charge in [0.05, 0.1) is 17.2 Å². The van der Waals surface area contributed by atoms with Crippen molar-refractivity contribution < 1.29 is 9.53 Å². The molecule has 5 heteroatoms. The van der Waals surface area contributed by atoms with Gasteiger partial charge in [0.15, 0.2) is 0 Å². The van der Waals surface area contributed by atoms with E-state index in [1.165, 1.54) is 18.4 Å². The number of amides is 1. The van der Waals surface area contributed by atoms with Crippen LogP contribution in [0.5, 0.6) is 0 Å². The molecule has 0 saturated heterocycles. The number of carbonyl (C=O) groups excluding carboxylic acids is 1. The number of hydrogen-bond acceptors (Lipinski definition) is 2. The molecular weight excluding hydrogens is 477 g/mol. The van der Waals surface area contributed by atoms with Crippen LogP contribution in [0, 0.1) is 11.8 Å². The molecule has 1 heterocycles. The van der Waals surface area contributed by atoms with Gasteiger partial charge >= 0.3 is 0 Å². The van der Waals surface area contributed by atoms with Gasteiger partial charge in [-0.2, -0.15) is 0 Å². The van der Waals surface area contributed by atoms with Crippen molar-refractivity contribution in [2.75, 3.05) is 19.7 Å². The Hall–Kier alpha value is -1.55. The van der Waals surface area contributed by atoms with Crippen LogP contribution in [0.15, 0.2) is 36.4 Å². The molecule has 190 valence electrons. The van der Waals surface area contributed by atoms with Crippen LogP contribution in [-0.4, -0.2) is 30.5 Å². The topological polar surface area (TPSA) is 29.5 Å². The van der Waals surface area contributed by atoms with Crippen LogP contribution in [0.25, 0.3) is 0 Å². The second-order valence-electron chi connectivity index (χ2n) is 11.1. The quantitative estimate of drug-likeness (QED) is 0.331. The molecule has 1 unspecified atom stereocenters. The van der Waals surface area contributed by atoms with Gasteiger partial charge in [-0.3, -0.25) is 4.79 Å². The molecule has 3 atom stereocenters. The van der Waals surface area contributed by atoms with Gasteiger partial charge in [-0.15, -0.1) is 0 Å². The SMILES string of the molecule is CC(C)c1c(Cl)cc2c(c1Cl)C(=O)N(CCCCOCc1ccccc1)CC1[C@@H](C)CCC[C@]21C. The standard InChI is InChI=1S/C30H39Cl2NO2/c1-20(2)26-25(31)17-23-27(28(26)32)29(34)33(18-24-21(3)11-10-14-30(23,24)4)15-8-9-16-35-19-22-12-6-5-7-13-22/h5-7,12-13,17,20-21,24H,8-11,14-16,18-19H2,1-4H3/t21-,24?,30+/m0/s1. The summed E-state index contributed by atoms with van der Waals surface area (Å²) in [5, 5.41) is 1.25. The molecule has 35 heavy (non-hydrogen) atoms. The van der Waals surface area contributed by atoms with Crippen LogP contribution in [0.4, 0.5) is 0 Å². The van der Waals surface area contributed by atoms with Crippen molar-refractivity contribution in [3.05, 3.63) is 68.7 Å². The Morgan fingerprint density at radius 1 is 1.17 bits per heavy atom. The Kier molecular flexibility index (Phi) is 8.51. The molecule has 2 aromatic carbocycles. The molecule has 3 nitrogen and oxygen atoms in total. The van der Waals surface area contributed by atoms with E-state index in [4.69, 9.17) is 27.9 Å². The first kappa shape index (κ1) is 26.5. The number of hydrogen-bond donors (Lipinski definition) is 0. The maximum absolute atomic E-state index is 14.0. The van der Waals surface area contributed by atoms with E-state index in [2.05, 4.69) is 50.8 Å². The lowest BCUT2D eigenvalue weighted by Crippen LogP contribution is -2.45. The fourth-order valence-corrected chi connectivity index (χ4v) is 7.26. The lowest BCUT2D eigenvalue weighted by Gasteiger charge is -2.46. The van der Waals surface area contributed by atoms with Crippen molar-refractivity contribution in [2.45, 2.75) is 77.7 Å². The van der Waals surface area contributed by atoms with Crippen LogP contribution in [0.1, 0.15) is 92.8 Å². The van der Waals surface area contributed by atoms with Gasteiger partial charge in [-0.1, -0.05) is 94.1 Å². The molecule has 1 amide bonds. The Labute approximate surface area is 221 Å². The summed E-state index contributed by atoms with van der Waals surface area (Å²) in [6, 6.07) is 12.3. The molecule has 0 aromatic heterocycles. The summed E-state index contributed by atoms with van der Waals surface area (Å²) < 4.78 is 5.87. The third-order valence-corrected chi connectivity index (χ3v) is 9.01. The zero-order valence-electron chi connectivity index (χ0n) is 21.6. The first-order valence-electron chi connectivity index (χ1n) is 13.2. The van der Waals surface area contributed by atoms with Crippen molar-refractivity contribution in [1.82, 2.24) is 4.90 Å². The number of ether oxygens (including phenoxy) is 1. The van der Waals surface area contributed by atoms with Crippen LogP contribution in [0.2, 0.25) is 10.0 Å². The van der Waals surface area contributed by atoms with Gasteiger partial charge in [0.2, 0.25) is 0 Å². The molecule has 2 aromatic rings. The van der Waals surface area contributed by atoms with Crippen LogP contribution >= 0.6 is 23.2 Å². The zero-order valence-corrected chi connectivity index (χ0v) is 23.1. The molecule has 2 aliphatic rings. The van der Waals surface area contributed by atoms with E-state index in [0.29, 0.717) is 40.7 Å². The third-order valence-electron chi connectivity index (χ3n) is 8.30. The minimum atomic E-state index is -0.0982. The van der Waals surface area contributed by atoms with Crippen molar-refractivity contribution in [3.63, 3.8) is 0 Å². The summed E-state index contributed by atoms with van der Waals surface area (Å²) >= 11 is 13.8. The van der Waals surface area contributed by atoms with Crippen LogP contribution in [-0.2, 0) is 16.8 Å². The highest BCUT2D eigenvalue weighted by Crippen LogP contribution is 2.52. The highest BCUT2D eigenvalue weighted by Gasteiger charge is 2.48. The van der Waals surface area contributed by atoms with E-state index < -0.39 is 0 Å². The Bertz CT molecular complexity index is 1040. The largest absolute Gasteiger partial charge is 0.377 e. The average molecular weight is 517 g/mol. The van der Waals surface area contributed by atoms with Crippen molar-refractivity contribution >= 4 is 29.1 Å². The highest BCUT2D eigenvalue weighted by molar-refractivity contribution is 6.38. The smallest absolute Gasteiger partial charge is 0.255 e. The minimum Gasteiger partial charge on any atom is -0.377 e. The lowest BCUT2D eigenvalue weighted by atomic mass is 9.59. The van der Waals surface area contributed by atoms with Gasteiger partial charge in [0.25, 0.3) is 5.91 Å². The monoisotopic (exact) mass is 515 g/mol. The molecule has 0 N–H and O–H groups in total. The Balaban J connectivity index is 1.54. The number of unbranched alkanes of at least 4 members (excludes halogenated alkanes) is 1. The van der Waals surface area contributed by atoms with E-state index in [1.807, 2.05) is 18.2 Å². The van der Waals surface area contributed by atoms with Crippen molar-refractivity contribution in [3.8, 4) is 0 Å². The van der Waals surface area contributed by atoms with Crippen LogP contribution in [0.3, 0.4) is 0 Å². The minimum absolute atomic E-state index is 0.0663. The molecule has 4 rings (SSSR count). The average Bonchev–Trinajstić information content (AvgIpc) is 2.90. The second kappa shape index (κ2) is 11.2. The number of fused-ring (bicyclic) bond motifs is 3. The highest BCUT2D eigenvalue weighted by atomic mass is 35.5. The van der Waals surface area contributed by atoms with Gasteiger partial charge in [-0.25, -0.2) is 0 Å². The number of rotatable bonds is 8. The summed E-state index contributed by atoms with van der Waals surface area (Å²) in [5.41, 5.74) is 3.73. The molecular formula is C30H39Cl2NO2. The molecule has 1 fully saturated rings. The predicted octanol–water partition coefficient (Wildman–Crippen LogP) is 8.26. The normalized spacial score (nSPS) is 24.3. The molecule has 0 radical (unpaired) electrons. The first-order valence-corrected chi connectivity index (χ1v) is 13.9. The van der Waals surface area contributed by atoms with E-state index in [1.54, 1.807) is 0 Å². The predicted molar refractivity (Wildman–Crippen MR) is 146 cm³/mol. The Morgan fingerprint density at radius 3 is 2.63 bits per heavy atom. The number of benzene rings is 2. The molecule has 0 bridgehead atoms. The van der Waals surface area contributed by atoms with E-state index >= 15 is 0 Å². The molecule has 0 spiro atoms. The van der Waals surface area contributed by atoms with Gasteiger partial charge < -0.3 is 9.64 Å². The third kappa shape index (κ3) is 5.43. The fraction of sp³-hybridized carbons (Fsp3) is 0.567. The van der Waals surface area contributed by atoms with E-state index in [9.17, 15) is 4.79 Å². The summed E-state index contributed by atoms with van der Waals surface area (Å²) in [6.07, 6.45) is 5.28. The number of nitrogens with zero attached hydrogens (tertiary/aromatic N) is 1. The lowest BCUT2D eigenvalue weighted by molar-refractivity contribution is 0.0611. The summed E-state index contributed by atoms with van der Waals surface area (Å²) in [7, 11) is 0. The maximum atomic E-state index is 14.0. The first-order chi connectivity index (χ1) is 16.7. The number of halogens is 2. The summed E-state index contributed by atoms with van der Waals surface area (Å²) in [4.78, 5) is 16.1. The Morgan fingerprint density at radius 2 is 1.91 bits per heavy atom. The molecule has 1 aliphatic carbocycles. The van der Waals surface area contributed by atoms with Crippen molar-refractivity contribution in [2.24, 2.45) is 11.8 Å². The summed E-state index contributed by atoms with van der Waals surface area (Å²) in [6.45, 7) is 11.7. The summed E-state index contributed by atoms with van der Waals surface area (Å²) in [5.74, 6) is 1.16. The maximum Gasteiger partial charge on any atom is 0.255 e. The van der Waals surface area contributed by atoms with Gasteiger partial charge in [0.1, 0.15) is 0 Å². The van der Waals surface area contributed by atoms with E-state index in [0.717, 1.165) is 43.5 Å². The molecule has 1 aliphatic heterocycles. The fourth-order valence-electron chi connectivity index (χ4n) is 6.29.